The highest BCUT2D eigenvalue weighted by atomic mass is 79.9. The Morgan fingerprint density at radius 3 is 2.46 bits per heavy atom. The van der Waals surface area contributed by atoms with Crippen molar-refractivity contribution in [1.82, 2.24) is 10.2 Å². The van der Waals surface area contributed by atoms with Crippen LogP contribution in [0.5, 0.6) is 0 Å². The highest BCUT2D eigenvalue weighted by Gasteiger charge is 2.43. The number of carbonyl (C=O) groups excluding carboxylic acids is 1. The van der Waals surface area contributed by atoms with E-state index < -0.39 is 5.41 Å². The van der Waals surface area contributed by atoms with Crippen LogP contribution in [0.25, 0.3) is 11.7 Å². The lowest BCUT2D eigenvalue weighted by Gasteiger charge is -2.27. The third kappa shape index (κ3) is 3.17. The molecule has 0 unspecified atom stereocenters. The van der Waals surface area contributed by atoms with E-state index in [1.165, 1.54) is 0 Å². The van der Waals surface area contributed by atoms with Gasteiger partial charge in [-0.3, -0.25) is 10.1 Å². The summed E-state index contributed by atoms with van der Waals surface area (Å²) in [5, 5.41) is 11.2. The summed E-state index contributed by atoms with van der Waals surface area (Å²) in [4.78, 5) is 13.1. The first kappa shape index (κ1) is 17.3. The van der Waals surface area contributed by atoms with Crippen LogP contribution in [0.15, 0.2) is 49.9 Å². The molecule has 8 heteroatoms. The van der Waals surface area contributed by atoms with E-state index in [0.29, 0.717) is 15.5 Å². The first-order valence-electron chi connectivity index (χ1n) is 8.23. The predicted molar refractivity (Wildman–Crippen MR) is 99.9 cm³/mol. The number of amides is 1. The minimum atomic E-state index is -0.604. The van der Waals surface area contributed by atoms with Gasteiger partial charge >= 0.3 is 6.01 Å². The number of anilines is 1. The van der Waals surface area contributed by atoms with Gasteiger partial charge < -0.3 is 8.83 Å². The number of benzene rings is 1. The van der Waals surface area contributed by atoms with Crippen LogP contribution in [0.3, 0.4) is 0 Å². The van der Waals surface area contributed by atoms with E-state index in [1.54, 1.807) is 12.1 Å². The molecule has 0 bridgehead atoms. The molecule has 26 heavy (non-hydrogen) atoms. The molecule has 1 aliphatic carbocycles. The number of hydrogen-bond acceptors (Lipinski definition) is 5. The largest absolute Gasteiger partial charge is 0.444 e. The number of nitrogens with one attached hydrogen (secondary N) is 1. The van der Waals surface area contributed by atoms with E-state index in [0.717, 1.165) is 31.2 Å². The van der Waals surface area contributed by atoms with Crippen LogP contribution in [-0.2, 0) is 10.2 Å². The normalized spacial score (nSPS) is 15.9. The van der Waals surface area contributed by atoms with Crippen LogP contribution in [-0.4, -0.2) is 16.1 Å². The molecule has 1 N–H and O–H groups in total. The zero-order valence-electron chi connectivity index (χ0n) is 13.7. The standard InChI is InChI=1S/C18H15BrClN3O3/c19-14-8-7-13(25-14)15-22-23-17(26-15)21-16(24)18(9-1-2-10-18)11-3-5-12(20)6-4-11/h3-8H,1-2,9-10H2,(H,21,23,24). The second-order valence-corrected chi connectivity index (χ2v) is 7.48. The third-order valence-corrected chi connectivity index (χ3v) is 5.40. The minimum absolute atomic E-state index is 0.0535. The van der Waals surface area contributed by atoms with Crippen LogP contribution < -0.4 is 5.32 Å². The molecular formula is C18H15BrClN3O3. The molecule has 134 valence electrons. The Hall–Kier alpha value is -2.12. The topological polar surface area (TPSA) is 81.2 Å². The van der Waals surface area contributed by atoms with Crippen molar-refractivity contribution in [3.8, 4) is 11.7 Å². The third-order valence-electron chi connectivity index (χ3n) is 4.72. The predicted octanol–water partition coefficient (Wildman–Crippen LogP) is 5.20. The van der Waals surface area contributed by atoms with Crippen molar-refractivity contribution in [2.75, 3.05) is 5.32 Å². The Labute approximate surface area is 163 Å². The average Bonchev–Trinajstić information content (AvgIpc) is 3.36. The molecule has 0 spiro atoms. The Morgan fingerprint density at radius 1 is 1.08 bits per heavy atom. The zero-order valence-corrected chi connectivity index (χ0v) is 16.0. The summed E-state index contributed by atoms with van der Waals surface area (Å²) in [7, 11) is 0. The monoisotopic (exact) mass is 435 g/mol. The van der Waals surface area contributed by atoms with Gasteiger partial charge in [0.1, 0.15) is 0 Å². The Balaban J connectivity index is 1.58. The maximum Gasteiger partial charge on any atom is 0.322 e. The molecule has 0 atom stereocenters. The van der Waals surface area contributed by atoms with Crippen molar-refractivity contribution in [3.63, 3.8) is 0 Å². The fraction of sp³-hybridized carbons (Fsp3) is 0.278. The molecule has 1 aliphatic rings. The van der Waals surface area contributed by atoms with Gasteiger partial charge in [-0.15, -0.1) is 5.10 Å². The number of nitrogens with zero attached hydrogens (tertiary/aromatic N) is 2. The van der Waals surface area contributed by atoms with Crippen LogP contribution in [0.4, 0.5) is 6.01 Å². The van der Waals surface area contributed by atoms with Gasteiger partial charge in [-0.2, -0.15) is 0 Å². The van der Waals surface area contributed by atoms with Crippen molar-refractivity contribution in [3.05, 3.63) is 51.7 Å². The summed E-state index contributed by atoms with van der Waals surface area (Å²) in [6.45, 7) is 0. The van der Waals surface area contributed by atoms with E-state index in [9.17, 15) is 4.79 Å². The Kier molecular flexibility index (Phi) is 4.58. The van der Waals surface area contributed by atoms with Crippen molar-refractivity contribution in [1.29, 1.82) is 0 Å². The number of hydrogen-bond donors (Lipinski definition) is 1. The van der Waals surface area contributed by atoms with E-state index >= 15 is 0 Å². The van der Waals surface area contributed by atoms with Crippen molar-refractivity contribution in [2.45, 2.75) is 31.1 Å². The molecule has 1 aromatic carbocycles. The summed E-state index contributed by atoms with van der Waals surface area (Å²) >= 11 is 9.21. The molecule has 1 saturated carbocycles. The molecule has 2 heterocycles. The average molecular weight is 437 g/mol. The maximum absolute atomic E-state index is 13.1. The number of rotatable bonds is 4. The fourth-order valence-corrected chi connectivity index (χ4v) is 3.85. The van der Waals surface area contributed by atoms with Gasteiger partial charge in [0.2, 0.25) is 5.91 Å². The quantitative estimate of drug-likeness (QED) is 0.608. The van der Waals surface area contributed by atoms with Crippen LogP contribution in [0.1, 0.15) is 31.2 Å². The summed E-state index contributed by atoms with van der Waals surface area (Å²) in [6, 6.07) is 10.9. The minimum Gasteiger partial charge on any atom is -0.444 e. The fourth-order valence-electron chi connectivity index (χ4n) is 3.41. The Bertz CT molecular complexity index is 929. The van der Waals surface area contributed by atoms with Gasteiger partial charge in [0, 0.05) is 5.02 Å². The summed E-state index contributed by atoms with van der Waals surface area (Å²) in [5.74, 6) is 0.490. The first-order chi connectivity index (χ1) is 12.6. The lowest BCUT2D eigenvalue weighted by molar-refractivity contribution is -0.121. The van der Waals surface area contributed by atoms with Gasteiger partial charge in [0.25, 0.3) is 5.89 Å². The second-order valence-electron chi connectivity index (χ2n) is 6.27. The van der Waals surface area contributed by atoms with E-state index in [1.807, 2.05) is 24.3 Å². The molecular weight excluding hydrogens is 422 g/mol. The van der Waals surface area contributed by atoms with Crippen molar-refractivity contribution in [2.24, 2.45) is 0 Å². The maximum atomic E-state index is 13.1. The molecule has 1 amide bonds. The van der Waals surface area contributed by atoms with Gasteiger partial charge in [0.15, 0.2) is 10.4 Å². The number of carbonyl (C=O) groups is 1. The van der Waals surface area contributed by atoms with Crippen molar-refractivity contribution < 1.29 is 13.6 Å². The number of halogens is 2. The highest BCUT2D eigenvalue weighted by Crippen LogP contribution is 2.42. The van der Waals surface area contributed by atoms with Gasteiger partial charge in [0.05, 0.1) is 5.41 Å². The zero-order chi connectivity index (χ0) is 18.1. The van der Waals surface area contributed by atoms with Crippen LogP contribution >= 0.6 is 27.5 Å². The van der Waals surface area contributed by atoms with Gasteiger partial charge in [-0.05, 0) is 58.6 Å². The van der Waals surface area contributed by atoms with E-state index in [4.69, 9.17) is 20.4 Å². The number of furan rings is 1. The highest BCUT2D eigenvalue weighted by molar-refractivity contribution is 9.10. The SMILES string of the molecule is O=C(Nc1nnc(-c2ccc(Br)o2)o1)C1(c2ccc(Cl)cc2)CCCC1. The summed E-state index contributed by atoms with van der Waals surface area (Å²) in [5.41, 5.74) is 0.346. The molecule has 0 radical (unpaired) electrons. The molecule has 6 nitrogen and oxygen atoms in total. The first-order valence-corrected chi connectivity index (χ1v) is 9.41. The summed E-state index contributed by atoms with van der Waals surface area (Å²) in [6.07, 6.45) is 3.52. The molecule has 1 fully saturated rings. The van der Waals surface area contributed by atoms with Crippen molar-refractivity contribution >= 4 is 39.5 Å². The number of aromatic nitrogens is 2. The van der Waals surface area contributed by atoms with Gasteiger partial charge in [-0.25, -0.2) is 0 Å². The Morgan fingerprint density at radius 2 is 1.81 bits per heavy atom. The lowest BCUT2D eigenvalue weighted by Crippen LogP contribution is -2.38. The van der Waals surface area contributed by atoms with Crippen LogP contribution in [0, 0.1) is 0 Å². The molecule has 0 saturated heterocycles. The van der Waals surface area contributed by atoms with E-state index in [2.05, 4.69) is 31.4 Å². The molecule has 3 aromatic rings. The van der Waals surface area contributed by atoms with Crippen LogP contribution in [0.2, 0.25) is 5.02 Å². The molecule has 4 rings (SSSR count). The lowest BCUT2D eigenvalue weighted by atomic mass is 9.78. The van der Waals surface area contributed by atoms with Gasteiger partial charge in [-0.1, -0.05) is 41.7 Å². The second kappa shape index (κ2) is 6.89. The molecule has 2 aromatic heterocycles. The smallest absolute Gasteiger partial charge is 0.322 e. The summed E-state index contributed by atoms with van der Waals surface area (Å²) < 4.78 is 11.5. The molecule has 0 aliphatic heterocycles. The van der Waals surface area contributed by atoms with E-state index in [-0.39, 0.29) is 17.8 Å².